The second kappa shape index (κ2) is 10.9. The van der Waals surface area contributed by atoms with Crippen molar-refractivity contribution in [2.24, 2.45) is 4.99 Å². The van der Waals surface area contributed by atoms with Crippen LogP contribution in [0, 0.1) is 12.7 Å². The van der Waals surface area contributed by atoms with Crippen LogP contribution in [-0.4, -0.2) is 37.1 Å². The van der Waals surface area contributed by atoms with Crippen molar-refractivity contribution in [3.63, 3.8) is 0 Å². The maximum Gasteiger partial charge on any atom is 0.191 e. The molecule has 2 N–H and O–H groups in total. The standard InChI is InChI=1S/C20H28FN5S.HI/c1-4-19-24-16(13-27-19)11-23-20(22-3)25-15-6-5-9-26(12-15)18-10-14(2)7-8-17(18)21;/h7-8,10,13,15H,4-6,9,11-12H2,1-3H3,(H2,22,23,25);1H. The van der Waals surface area contributed by atoms with Crippen molar-refractivity contribution >= 4 is 47.0 Å². The molecular formula is C20H29FIN5S. The van der Waals surface area contributed by atoms with Gasteiger partial charge < -0.3 is 15.5 Å². The van der Waals surface area contributed by atoms with Gasteiger partial charge in [-0.2, -0.15) is 0 Å². The van der Waals surface area contributed by atoms with Crippen LogP contribution in [0.4, 0.5) is 10.1 Å². The molecule has 8 heteroatoms. The summed E-state index contributed by atoms with van der Waals surface area (Å²) in [5.74, 6) is 0.608. The van der Waals surface area contributed by atoms with Crippen LogP contribution in [0.15, 0.2) is 28.6 Å². The van der Waals surface area contributed by atoms with Crippen LogP contribution >= 0.6 is 35.3 Å². The zero-order valence-electron chi connectivity index (χ0n) is 16.7. The van der Waals surface area contributed by atoms with Crippen molar-refractivity contribution in [2.45, 2.75) is 45.7 Å². The van der Waals surface area contributed by atoms with Gasteiger partial charge in [0.15, 0.2) is 5.96 Å². The van der Waals surface area contributed by atoms with E-state index in [-0.39, 0.29) is 35.8 Å². The van der Waals surface area contributed by atoms with Crippen molar-refractivity contribution < 1.29 is 4.39 Å². The number of halogens is 2. The van der Waals surface area contributed by atoms with E-state index in [2.05, 4.69) is 37.8 Å². The quantitative estimate of drug-likeness (QED) is 0.356. The molecule has 1 aliphatic rings. The maximum absolute atomic E-state index is 14.2. The Morgan fingerprint density at radius 1 is 1.43 bits per heavy atom. The first-order valence-corrected chi connectivity index (χ1v) is 10.4. The van der Waals surface area contributed by atoms with Gasteiger partial charge in [-0.05, 0) is 43.9 Å². The smallest absolute Gasteiger partial charge is 0.191 e. The van der Waals surface area contributed by atoms with E-state index in [1.54, 1.807) is 24.5 Å². The van der Waals surface area contributed by atoms with Gasteiger partial charge in [-0.1, -0.05) is 13.0 Å². The minimum absolute atomic E-state index is 0. The summed E-state index contributed by atoms with van der Waals surface area (Å²) in [7, 11) is 1.77. The average molecular weight is 517 g/mol. The van der Waals surface area contributed by atoms with E-state index in [1.807, 2.05) is 19.1 Å². The molecule has 1 aromatic carbocycles. The molecule has 1 aliphatic heterocycles. The predicted molar refractivity (Wildman–Crippen MR) is 127 cm³/mol. The van der Waals surface area contributed by atoms with E-state index >= 15 is 0 Å². The number of aryl methyl sites for hydroxylation is 2. The molecule has 28 heavy (non-hydrogen) atoms. The van der Waals surface area contributed by atoms with Crippen molar-refractivity contribution in [1.82, 2.24) is 15.6 Å². The summed E-state index contributed by atoms with van der Waals surface area (Å²) in [4.78, 5) is 11.0. The third-order valence-electron chi connectivity index (χ3n) is 4.77. The number of thiazole rings is 1. The maximum atomic E-state index is 14.2. The number of benzene rings is 1. The summed E-state index contributed by atoms with van der Waals surface area (Å²) >= 11 is 1.69. The van der Waals surface area contributed by atoms with Crippen LogP contribution in [0.2, 0.25) is 0 Å². The van der Waals surface area contributed by atoms with Crippen LogP contribution in [0.25, 0.3) is 0 Å². The Hall–Kier alpha value is -1.42. The lowest BCUT2D eigenvalue weighted by Crippen LogP contribution is -2.51. The molecule has 0 radical (unpaired) electrons. The number of hydrogen-bond donors (Lipinski definition) is 2. The Balaban J connectivity index is 0.00000280. The number of rotatable bonds is 5. The zero-order valence-corrected chi connectivity index (χ0v) is 19.8. The number of nitrogens with zero attached hydrogens (tertiary/aromatic N) is 3. The molecular weight excluding hydrogens is 488 g/mol. The lowest BCUT2D eigenvalue weighted by Gasteiger charge is -2.35. The second-order valence-corrected chi connectivity index (χ2v) is 7.84. The number of piperidine rings is 1. The number of guanidine groups is 1. The Morgan fingerprint density at radius 2 is 2.25 bits per heavy atom. The normalized spacial score (nSPS) is 17.2. The molecule has 0 amide bonds. The molecule has 2 heterocycles. The highest BCUT2D eigenvalue weighted by Gasteiger charge is 2.23. The largest absolute Gasteiger partial charge is 0.367 e. The summed E-state index contributed by atoms with van der Waals surface area (Å²) in [5.41, 5.74) is 2.81. The van der Waals surface area contributed by atoms with E-state index < -0.39 is 0 Å². The third-order valence-corrected chi connectivity index (χ3v) is 5.81. The number of hydrogen-bond acceptors (Lipinski definition) is 4. The summed E-state index contributed by atoms with van der Waals surface area (Å²) in [5, 5.41) is 10.1. The van der Waals surface area contributed by atoms with Crippen LogP contribution in [0.1, 0.15) is 36.0 Å². The second-order valence-electron chi connectivity index (χ2n) is 6.90. The highest BCUT2D eigenvalue weighted by Crippen LogP contribution is 2.24. The average Bonchev–Trinajstić information content (AvgIpc) is 3.15. The van der Waals surface area contributed by atoms with Gasteiger partial charge in [0.1, 0.15) is 5.82 Å². The van der Waals surface area contributed by atoms with Crippen LogP contribution in [0.3, 0.4) is 0 Å². The van der Waals surface area contributed by atoms with Gasteiger partial charge >= 0.3 is 0 Å². The van der Waals surface area contributed by atoms with Crippen LogP contribution in [-0.2, 0) is 13.0 Å². The third kappa shape index (κ3) is 6.04. The fourth-order valence-corrected chi connectivity index (χ4v) is 4.08. The van der Waals surface area contributed by atoms with Gasteiger partial charge in [-0.15, -0.1) is 35.3 Å². The minimum Gasteiger partial charge on any atom is -0.367 e. The predicted octanol–water partition coefficient (Wildman–Crippen LogP) is 4.11. The summed E-state index contributed by atoms with van der Waals surface area (Å²) < 4.78 is 14.2. The Bertz CT molecular complexity index is 795. The number of nitrogens with one attached hydrogen (secondary N) is 2. The zero-order chi connectivity index (χ0) is 19.2. The topological polar surface area (TPSA) is 52.6 Å². The van der Waals surface area contributed by atoms with Gasteiger partial charge in [0.2, 0.25) is 0 Å². The van der Waals surface area contributed by atoms with E-state index in [0.717, 1.165) is 54.6 Å². The van der Waals surface area contributed by atoms with Crippen molar-refractivity contribution in [2.75, 3.05) is 25.0 Å². The highest BCUT2D eigenvalue weighted by atomic mass is 127. The van der Waals surface area contributed by atoms with E-state index in [9.17, 15) is 4.39 Å². The monoisotopic (exact) mass is 517 g/mol. The highest BCUT2D eigenvalue weighted by molar-refractivity contribution is 14.0. The van der Waals surface area contributed by atoms with Gasteiger partial charge in [0, 0.05) is 31.6 Å². The van der Waals surface area contributed by atoms with Crippen molar-refractivity contribution in [1.29, 1.82) is 0 Å². The molecule has 2 aromatic rings. The first-order chi connectivity index (χ1) is 13.1. The van der Waals surface area contributed by atoms with Gasteiger partial charge in [0.05, 0.1) is 22.9 Å². The van der Waals surface area contributed by atoms with Crippen LogP contribution in [0.5, 0.6) is 0 Å². The van der Waals surface area contributed by atoms with E-state index in [0.29, 0.717) is 12.2 Å². The van der Waals surface area contributed by atoms with Gasteiger partial charge in [0.25, 0.3) is 0 Å². The fourth-order valence-electron chi connectivity index (χ4n) is 3.33. The lowest BCUT2D eigenvalue weighted by molar-refractivity contribution is 0.462. The summed E-state index contributed by atoms with van der Waals surface area (Å²) in [6, 6.07) is 5.53. The Kier molecular flexibility index (Phi) is 8.94. The SMILES string of the molecule is CCc1nc(CNC(=NC)NC2CCCN(c3cc(C)ccc3F)C2)cs1.I. The molecule has 1 atom stereocenters. The van der Waals surface area contributed by atoms with Gasteiger partial charge in [-0.3, -0.25) is 4.99 Å². The first kappa shape index (κ1) is 22.9. The summed E-state index contributed by atoms with van der Waals surface area (Å²) in [6.07, 6.45) is 3.03. The van der Waals surface area contributed by atoms with Crippen LogP contribution < -0.4 is 15.5 Å². The minimum atomic E-state index is -0.154. The molecule has 0 saturated carbocycles. The van der Waals surface area contributed by atoms with Gasteiger partial charge in [-0.25, -0.2) is 9.37 Å². The molecule has 3 rings (SSSR count). The molecule has 154 valence electrons. The molecule has 1 aromatic heterocycles. The van der Waals surface area contributed by atoms with E-state index in [4.69, 9.17) is 0 Å². The fraction of sp³-hybridized carbons (Fsp3) is 0.500. The Morgan fingerprint density at radius 3 is 2.96 bits per heavy atom. The summed E-state index contributed by atoms with van der Waals surface area (Å²) in [6.45, 7) is 6.40. The van der Waals surface area contributed by atoms with E-state index in [1.165, 1.54) is 0 Å². The first-order valence-electron chi connectivity index (χ1n) is 9.50. The van der Waals surface area contributed by atoms with Crippen molar-refractivity contribution in [3.8, 4) is 0 Å². The molecule has 1 unspecified atom stereocenters. The molecule has 1 fully saturated rings. The molecule has 0 aliphatic carbocycles. The number of aromatic nitrogens is 1. The van der Waals surface area contributed by atoms with Crippen molar-refractivity contribution in [3.05, 3.63) is 45.7 Å². The molecule has 1 saturated heterocycles. The number of aliphatic imine (C=N–C) groups is 1. The number of anilines is 1. The lowest BCUT2D eigenvalue weighted by atomic mass is 10.0. The molecule has 0 bridgehead atoms. The Labute approximate surface area is 187 Å². The molecule has 0 spiro atoms. The molecule has 5 nitrogen and oxygen atoms in total.